The molecule has 4 aliphatic carbocycles. The topological polar surface area (TPSA) is 35.5 Å². The van der Waals surface area contributed by atoms with Crippen LogP contribution in [0, 0.1) is 52.3 Å². The molecule has 4 saturated carbocycles. The standard InChI is InChI=1S/C32H53ClO3S/c1-20(2)8-7-9-21(3)26-10-11-27-25-17-32(36-24(19-37-32)18-35-22(4)34)29-16-23(33)12-14-31(29,6)28(25)13-15-30(26,27)5/h20-21,23-29H,7-19H2,1-6H3/t21-,23+,24?,25+,26-,27+,28+,29+,30-,31-,32+/m1/s1. The number of alkyl halides is 1. The molecule has 37 heavy (non-hydrogen) atoms. The van der Waals surface area contributed by atoms with Gasteiger partial charge in [0.05, 0.1) is 0 Å². The van der Waals surface area contributed by atoms with Crippen LogP contribution >= 0.6 is 23.4 Å². The van der Waals surface area contributed by atoms with Gasteiger partial charge in [0.2, 0.25) is 0 Å². The molecule has 11 atom stereocenters. The maximum Gasteiger partial charge on any atom is 0.302 e. The Bertz CT molecular complexity index is 835. The Morgan fingerprint density at radius 3 is 2.51 bits per heavy atom. The highest BCUT2D eigenvalue weighted by Gasteiger charge is 2.67. The number of ether oxygens (including phenoxy) is 2. The van der Waals surface area contributed by atoms with E-state index >= 15 is 0 Å². The third-order valence-corrected chi connectivity index (χ3v) is 14.1. The Labute approximate surface area is 236 Å². The van der Waals surface area contributed by atoms with Crippen molar-refractivity contribution in [3.63, 3.8) is 0 Å². The molecule has 0 amide bonds. The number of fused-ring (bicyclic) bond motifs is 6. The molecular weight excluding hydrogens is 500 g/mol. The van der Waals surface area contributed by atoms with Gasteiger partial charge in [-0.05, 0) is 97.7 Å². The van der Waals surface area contributed by atoms with Gasteiger partial charge >= 0.3 is 5.97 Å². The van der Waals surface area contributed by atoms with Crippen LogP contribution < -0.4 is 0 Å². The summed E-state index contributed by atoms with van der Waals surface area (Å²) < 4.78 is 12.4. The Morgan fingerprint density at radius 2 is 1.78 bits per heavy atom. The smallest absolute Gasteiger partial charge is 0.302 e. The van der Waals surface area contributed by atoms with Crippen LogP contribution in [0.4, 0.5) is 0 Å². The van der Waals surface area contributed by atoms with E-state index in [0.717, 1.165) is 54.1 Å². The Morgan fingerprint density at radius 1 is 1.05 bits per heavy atom. The van der Waals surface area contributed by atoms with Crippen molar-refractivity contribution >= 4 is 29.3 Å². The lowest BCUT2D eigenvalue weighted by Crippen LogP contribution is -2.62. The number of esters is 1. The summed E-state index contributed by atoms with van der Waals surface area (Å²) in [7, 11) is 0. The minimum atomic E-state index is -0.204. The second-order valence-electron chi connectivity index (χ2n) is 14.7. The van der Waals surface area contributed by atoms with Gasteiger partial charge in [0.25, 0.3) is 0 Å². The summed E-state index contributed by atoms with van der Waals surface area (Å²) in [6, 6.07) is 0. The van der Waals surface area contributed by atoms with Gasteiger partial charge in [-0.1, -0.05) is 53.9 Å². The van der Waals surface area contributed by atoms with Crippen LogP contribution in [-0.4, -0.2) is 34.7 Å². The lowest BCUT2D eigenvalue weighted by atomic mass is 9.43. The Kier molecular flexibility index (Phi) is 8.35. The van der Waals surface area contributed by atoms with Crippen molar-refractivity contribution < 1.29 is 14.3 Å². The lowest BCUT2D eigenvalue weighted by Gasteiger charge is -2.65. The number of hydrogen-bond acceptors (Lipinski definition) is 4. The summed E-state index contributed by atoms with van der Waals surface area (Å²) in [4.78, 5) is 11.4. The second-order valence-corrected chi connectivity index (χ2v) is 16.6. The molecule has 3 nitrogen and oxygen atoms in total. The van der Waals surface area contributed by atoms with Crippen molar-refractivity contribution in [1.29, 1.82) is 0 Å². The highest BCUT2D eigenvalue weighted by atomic mass is 35.5. The van der Waals surface area contributed by atoms with Crippen LogP contribution in [0.25, 0.3) is 0 Å². The minimum Gasteiger partial charge on any atom is -0.463 e. The van der Waals surface area contributed by atoms with Gasteiger partial charge in [-0.2, -0.15) is 0 Å². The normalized spacial score (nSPS) is 47.9. The van der Waals surface area contributed by atoms with E-state index in [9.17, 15) is 4.79 Å². The first kappa shape index (κ1) is 28.6. The van der Waals surface area contributed by atoms with Crippen molar-refractivity contribution in [2.75, 3.05) is 12.4 Å². The van der Waals surface area contributed by atoms with E-state index in [0.29, 0.717) is 23.4 Å². The highest BCUT2D eigenvalue weighted by molar-refractivity contribution is 8.00. The first-order valence-corrected chi connectivity index (χ1v) is 17.0. The van der Waals surface area contributed by atoms with Gasteiger partial charge in [0, 0.05) is 24.0 Å². The Hall–Kier alpha value is 0.0700. The summed E-state index contributed by atoms with van der Waals surface area (Å²) in [6.45, 7) is 14.5. The molecule has 1 unspecified atom stereocenters. The van der Waals surface area contributed by atoms with E-state index in [-0.39, 0.29) is 22.4 Å². The third kappa shape index (κ3) is 5.16. The van der Waals surface area contributed by atoms with E-state index in [4.69, 9.17) is 21.1 Å². The minimum absolute atomic E-state index is 0.0117. The molecule has 1 spiro atoms. The van der Waals surface area contributed by atoms with E-state index in [2.05, 4.69) is 34.6 Å². The molecule has 5 fully saturated rings. The zero-order chi connectivity index (χ0) is 26.6. The molecule has 0 radical (unpaired) electrons. The quantitative estimate of drug-likeness (QED) is 0.233. The average molecular weight is 553 g/mol. The van der Waals surface area contributed by atoms with Crippen LogP contribution in [0.1, 0.15) is 112 Å². The number of hydrogen-bond donors (Lipinski definition) is 0. The zero-order valence-electron chi connectivity index (χ0n) is 24.4. The van der Waals surface area contributed by atoms with Crippen molar-refractivity contribution in [3.8, 4) is 0 Å². The average Bonchev–Trinajstić information content (AvgIpc) is 3.40. The fourth-order valence-corrected chi connectivity index (χ4v) is 12.5. The number of carbonyl (C=O) groups excluding carboxylic acids is 1. The molecule has 0 aromatic carbocycles. The summed E-state index contributed by atoms with van der Waals surface area (Å²) in [5.74, 6) is 6.13. The molecule has 0 aromatic rings. The van der Waals surface area contributed by atoms with Gasteiger partial charge in [-0.15, -0.1) is 23.4 Å². The fraction of sp³-hybridized carbons (Fsp3) is 0.969. The summed E-state index contributed by atoms with van der Waals surface area (Å²) >= 11 is 8.92. The van der Waals surface area contributed by atoms with Crippen LogP contribution in [0.3, 0.4) is 0 Å². The number of halogens is 1. The predicted octanol–water partition coefficient (Wildman–Crippen LogP) is 8.72. The van der Waals surface area contributed by atoms with Gasteiger partial charge in [-0.3, -0.25) is 4.79 Å². The van der Waals surface area contributed by atoms with Gasteiger partial charge in [0.1, 0.15) is 17.6 Å². The monoisotopic (exact) mass is 552 g/mol. The molecule has 1 aliphatic heterocycles. The SMILES string of the molecule is CC(=O)OCC1CS[C@]2(C[C@H]3[C@@H]4CC[C@H]([C@H](C)CCCC(C)C)[C@@]4(C)CC[C@@H]3[C@@]3(C)CC[C@H](Cl)C[C@@H]32)O1. The molecule has 0 bridgehead atoms. The van der Waals surface area contributed by atoms with Crippen molar-refractivity contribution in [3.05, 3.63) is 0 Å². The summed E-state index contributed by atoms with van der Waals surface area (Å²) in [6.07, 6.45) is 14.5. The first-order valence-electron chi connectivity index (χ1n) is 15.6. The summed E-state index contributed by atoms with van der Waals surface area (Å²) in [5, 5.41) is 0.264. The second kappa shape index (κ2) is 10.8. The van der Waals surface area contributed by atoms with E-state index in [1.807, 2.05) is 11.8 Å². The molecule has 1 heterocycles. The Balaban J connectivity index is 1.39. The molecule has 5 aliphatic rings. The molecule has 5 rings (SSSR count). The van der Waals surface area contributed by atoms with E-state index < -0.39 is 0 Å². The van der Waals surface area contributed by atoms with Crippen LogP contribution in [0.5, 0.6) is 0 Å². The molecule has 0 aromatic heterocycles. The van der Waals surface area contributed by atoms with Crippen molar-refractivity contribution in [2.24, 2.45) is 52.3 Å². The number of carbonyl (C=O) groups is 1. The van der Waals surface area contributed by atoms with Gasteiger partial charge in [-0.25, -0.2) is 0 Å². The fourth-order valence-electron chi connectivity index (χ4n) is 10.5. The zero-order valence-corrected chi connectivity index (χ0v) is 26.0. The lowest BCUT2D eigenvalue weighted by molar-refractivity contribution is -0.198. The number of rotatable bonds is 7. The molecular formula is C32H53ClO3S. The van der Waals surface area contributed by atoms with Crippen LogP contribution in [0.2, 0.25) is 0 Å². The number of thioether (sulfide) groups is 1. The van der Waals surface area contributed by atoms with E-state index in [1.165, 1.54) is 64.7 Å². The van der Waals surface area contributed by atoms with Gasteiger partial charge < -0.3 is 9.47 Å². The van der Waals surface area contributed by atoms with Crippen molar-refractivity contribution in [1.82, 2.24) is 0 Å². The van der Waals surface area contributed by atoms with Gasteiger partial charge in [0.15, 0.2) is 0 Å². The molecule has 0 N–H and O–H groups in total. The maximum atomic E-state index is 11.5. The van der Waals surface area contributed by atoms with Crippen LogP contribution in [0.15, 0.2) is 0 Å². The van der Waals surface area contributed by atoms with Crippen LogP contribution in [-0.2, 0) is 14.3 Å². The predicted molar refractivity (Wildman–Crippen MR) is 155 cm³/mol. The highest BCUT2D eigenvalue weighted by Crippen LogP contribution is 2.72. The van der Waals surface area contributed by atoms with Crippen molar-refractivity contribution in [2.45, 2.75) is 129 Å². The van der Waals surface area contributed by atoms with E-state index in [1.54, 1.807) is 0 Å². The molecule has 5 heteroatoms. The molecule has 1 saturated heterocycles. The summed E-state index contributed by atoms with van der Waals surface area (Å²) in [5.41, 5.74) is 0.785. The first-order chi connectivity index (χ1) is 17.5. The third-order valence-electron chi connectivity index (χ3n) is 12.2. The maximum absolute atomic E-state index is 11.5. The molecule has 212 valence electrons. The largest absolute Gasteiger partial charge is 0.463 e.